The van der Waals surface area contributed by atoms with Crippen LogP contribution in [0.4, 0.5) is 0 Å². The Bertz CT molecular complexity index is 706. The SMILES string of the molecule is CCC(CS(=O)C(C)(C)C)N1C(=O)C(CC(O)CO)OCC1c1ccc(Cl)cc1. The summed E-state index contributed by atoms with van der Waals surface area (Å²) in [6.45, 7) is 7.58. The predicted octanol–water partition coefficient (Wildman–Crippen LogP) is 2.68. The van der Waals surface area contributed by atoms with Gasteiger partial charge in [0.2, 0.25) is 0 Å². The van der Waals surface area contributed by atoms with Gasteiger partial charge in [0, 0.05) is 38.8 Å². The van der Waals surface area contributed by atoms with E-state index < -0.39 is 29.6 Å². The van der Waals surface area contributed by atoms with Crippen LogP contribution >= 0.6 is 11.6 Å². The van der Waals surface area contributed by atoms with Crippen molar-refractivity contribution in [2.24, 2.45) is 0 Å². The number of carbonyl (C=O) groups excluding carboxylic acids is 1. The molecule has 29 heavy (non-hydrogen) atoms. The lowest BCUT2D eigenvalue weighted by Crippen LogP contribution is -2.56. The molecule has 1 saturated heterocycles. The van der Waals surface area contributed by atoms with Crippen molar-refractivity contribution >= 4 is 28.3 Å². The normalized spacial score (nSPS) is 23.7. The van der Waals surface area contributed by atoms with E-state index in [0.29, 0.717) is 17.2 Å². The Morgan fingerprint density at radius 1 is 1.31 bits per heavy atom. The van der Waals surface area contributed by atoms with Gasteiger partial charge in [-0.3, -0.25) is 9.00 Å². The van der Waals surface area contributed by atoms with Gasteiger partial charge in [-0.15, -0.1) is 0 Å². The lowest BCUT2D eigenvalue weighted by Gasteiger charge is -2.44. The van der Waals surface area contributed by atoms with E-state index >= 15 is 0 Å². The first-order valence-electron chi connectivity index (χ1n) is 9.95. The van der Waals surface area contributed by atoms with E-state index in [-0.39, 0.29) is 35.8 Å². The number of halogens is 1. The second kappa shape index (κ2) is 10.4. The van der Waals surface area contributed by atoms with Gasteiger partial charge in [0.05, 0.1) is 25.4 Å². The molecule has 1 aromatic carbocycles. The van der Waals surface area contributed by atoms with Crippen LogP contribution in [-0.2, 0) is 20.3 Å². The summed E-state index contributed by atoms with van der Waals surface area (Å²) in [4.78, 5) is 15.1. The number of ether oxygens (including phenoxy) is 1. The summed E-state index contributed by atoms with van der Waals surface area (Å²) in [5.41, 5.74) is 0.892. The summed E-state index contributed by atoms with van der Waals surface area (Å²) in [7, 11) is -1.13. The number of benzene rings is 1. The topological polar surface area (TPSA) is 87.1 Å². The van der Waals surface area contributed by atoms with Gasteiger partial charge >= 0.3 is 0 Å². The third kappa shape index (κ3) is 6.25. The molecule has 1 aliphatic rings. The van der Waals surface area contributed by atoms with E-state index in [1.54, 1.807) is 17.0 Å². The molecule has 2 rings (SSSR count). The summed E-state index contributed by atoms with van der Waals surface area (Å²) in [6, 6.07) is 6.72. The number of hydrogen-bond acceptors (Lipinski definition) is 5. The van der Waals surface area contributed by atoms with E-state index in [4.69, 9.17) is 21.4 Å². The van der Waals surface area contributed by atoms with Gasteiger partial charge in [0.15, 0.2) is 0 Å². The molecule has 0 spiro atoms. The fourth-order valence-electron chi connectivity index (χ4n) is 3.37. The highest BCUT2D eigenvalue weighted by Crippen LogP contribution is 2.33. The molecule has 164 valence electrons. The van der Waals surface area contributed by atoms with Gasteiger partial charge in [-0.05, 0) is 44.9 Å². The lowest BCUT2D eigenvalue weighted by atomic mass is 9.98. The zero-order chi connectivity index (χ0) is 21.8. The number of aliphatic hydroxyl groups excluding tert-OH is 2. The summed E-state index contributed by atoms with van der Waals surface area (Å²) in [5, 5.41) is 19.6. The van der Waals surface area contributed by atoms with Crippen LogP contribution in [0.15, 0.2) is 24.3 Å². The van der Waals surface area contributed by atoms with Crippen molar-refractivity contribution in [3.05, 3.63) is 34.9 Å². The maximum absolute atomic E-state index is 13.3. The Kier molecular flexibility index (Phi) is 8.67. The van der Waals surface area contributed by atoms with Crippen molar-refractivity contribution < 1.29 is 24.0 Å². The zero-order valence-electron chi connectivity index (χ0n) is 17.5. The van der Waals surface area contributed by atoms with Crippen LogP contribution in [0.1, 0.15) is 52.1 Å². The lowest BCUT2D eigenvalue weighted by molar-refractivity contribution is -0.166. The molecule has 8 heteroatoms. The molecule has 1 aromatic rings. The highest BCUT2D eigenvalue weighted by molar-refractivity contribution is 7.86. The standard InChI is InChI=1S/C21H32ClNO5S/c1-5-16(13-29(27)21(2,3)4)23-18(14-6-8-15(22)9-7-14)12-28-19(20(23)26)10-17(25)11-24/h6-9,16-19,24-25H,5,10-13H2,1-4H3. The van der Waals surface area contributed by atoms with Gasteiger partial charge in [-0.25, -0.2) is 0 Å². The summed E-state index contributed by atoms with van der Waals surface area (Å²) in [6.07, 6.45) is -1.19. The first-order chi connectivity index (χ1) is 13.6. The smallest absolute Gasteiger partial charge is 0.252 e. The van der Waals surface area contributed by atoms with Crippen molar-refractivity contribution in [2.45, 2.75) is 69.6 Å². The molecule has 6 nitrogen and oxygen atoms in total. The van der Waals surface area contributed by atoms with Crippen LogP contribution in [0.5, 0.6) is 0 Å². The average Bonchev–Trinajstić information content (AvgIpc) is 2.67. The second-order valence-electron chi connectivity index (χ2n) is 8.39. The van der Waals surface area contributed by atoms with E-state index in [0.717, 1.165) is 5.56 Å². The molecule has 1 aliphatic heterocycles. The van der Waals surface area contributed by atoms with E-state index in [1.807, 2.05) is 39.8 Å². The third-order valence-corrected chi connectivity index (χ3v) is 7.47. The van der Waals surface area contributed by atoms with Crippen molar-refractivity contribution in [1.82, 2.24) is 4.90 Å². The molecule has 2 N–H and O–H groups in total. The molecular weight excluding hydrogens is 414 g/mol. The molecule has 0 bridgehead atoms. The van der Waals surface area contributed by atoms with Crippen LogP contribution in [0.25, 0.3) is 0 Å². The zero-order valence-corrected chi connectivity index (χ0v) is 19.1. The maximum atomic E-state index is 13.3. The van der Waals surface area contributed by atoms with Crippen LogP contribution in [-0.4, -0.2) is 67.2 Å². The summed E-state index contributed by atoms with van der Waals surface area (Å²) >= 11 is 6.02. The maximum Gasteiger partial charge on any atom is 0.252 e. The average molecular weight is 446 g/mol. The Balaban J connectivity index is 2.36. The van der Waals surface area contributed by atoms with Crippen molar-refractivity contribution in [3.8, 4) is 0 Å². The number of rotatable bonds is 8. The first kappa shape index (κ1) is 24.3. The molecule has 0 radical (unpaired) electrons. The molecule has 1 heterocycles. The van der Waals surface area contributed by atoms with Crippen LogP contribution in [0.3, 0.4) is 0 Å². The van der Waals surface area contributed by atoms with Crippen molar-refractivity contribution in [2.75, 3.05) is 19.0 Å². The minimum Gasteiger partial charge on any atom is -0.394 e. The monoisotopic (exact) mass is 445 g/mol. The van der Waals surface area contributed by atoms with Gasteiger partial charge < -0.3 is 19.8 Å². The van der Waals surface area contributed by atoms with Crippen molar-refractivity contribution in [3.63, 3.8) is 0 Å². The third-order valence-electron chi connectivity index (χ3n) is 5.16. The van der Waals surface area contributed by atoms with Crippen molar-refractivity contribution in [1.29, 1.82) is 0 Å². The molecular formula is C21H32ClNO5S. The molecule has 1 fully saturated rings. The molecule has 0 saturated carbocycles. The van der Waals surface area contributed by atoms with Gasteiger partial charge in [-0.2, -0.15) is 0 Å². The van der Waals surface area contributed by atoms with Gasteiger partial charge in [0.25, 0.3) is 5.91 Å². The number of hydrogen-bond donors (Lipinski definition) is 2. The minimum absolute atomic E-state index is 0.0258. The van der Waals surface area contributed by atoms with Crippen LogP contribution in [0.2, 0.25) is 5.02 Å². The molecule has 1 amide bonds. The molecule has 5 unspecified atom stereocenters. The van der Waals surface area contributed by atoms with E-state index in [2.05, 4.69) is 0 Å². The number of aliphatic hydroxyl groups is 2. The number of nitrogens with zero attached hydrogens (tertiary/aromatic N) is 1. The minimum atomic E-state index is -1.13. The summed E-state index contributed by atoms with van der Waals surface area (Å²) in [5.74, 6) is 0.118. The highest BCUT2D eigenvalue weighted by atomic mass is 35.5. The Hall–Kier alpha value is -0.990. The fraction of sp³-hybridized carbons (Fsp3) is 0.667. The molecule has 5 atom stereocenters. The number of carbonyl (C=O) groups is 1. The van der Waals surface area contributed by atoms with Crippen LogP contribution in [0, 0.1) is 0 Å². The van der Waals surface area contributed by atoms with E-state index in [1.165, 1.54) is 0 Å². The molecule has 0 aromatic heterocycles. The quantitative estimate of drug-likeness (QED) is 0.642. The predicted molar refractivity (Wildman–Crippen MR) is 115 cm³/mol. The number of morpholine rings is 1. The van der Waals surface area contributed by atoms with E-state index in [9.17, 15) is 14.1 Å². The van der Waals surface area contributed by atoms with Gasteiger partial charge in [-0.1, -0.05) is 30.7 Å². The first-order valence-corrected chi connectivity index (χ1v) is 11.6. The Morgan fingerprint density at radius 2 is 1.93 bits per heavy atom. The molecule has 0 aliphatic carbocycles. The fourth-order valence-corrected chi connectivity index (χ4v) is 4.74. The number of amides is 1. The van der Waals surface area contributed by atoms with Gasteiger partial charge in [0.1, 0.15) is 6.10 Å². The van der Waals surface area contributed by atoms with Crippen LogP contribution < -0.4 is 0 Å². The Morgan fingerprint density at radius 3 is 2.45 bits per heavy atom. The Labute approximate surface area is 180 Å². The highest BCUT2D eigenvalue weighted by Gasteiger charge is 2.42. The largest absolute Gasteiger partial charge is 0.394 e. The summed E-state index contributed by atoms with van der Waals surface area (Å²) < 4.78 is 18.2. The second-order valence-corrected chi connectivity index (χ2v) is 11.1.